The van der Waals surface area contributed by atoms with Gasteiger partial charge >= 0.3 is 0 Å². The molecule has 1 N–H and O–H groups in total. The highest BCUT2D eigenvalue weighted by atomic mass is 32.2. The third kappa shape index (κ3) is 4.38. The first-order chi connectivity index (χ1) is 11.2. The van der Waals surface area contributed by atoms with Crippen molar-refractivity contribution in [1.82, 2.24) is 10.3 Å². The van der Waals surface area contributed by atoms with Crippen LogP contribution in [0.25, 0.3) is 0 Å². The van der Waals surface area contributed by atoms with E-state index in [1.165, 1.54) is 19.2 Å². The third-order valence-corrected chi connectivity index (χ3v) is 5.45. The molecule has 0 saturated heterocycles. The van der Waals surface area contributed by atoms with Crippen molar-refractivity contribution < 1.29 is 9.21 Å². The molecule has 0 radical (unpaired) electrons. The van der Waals surface area contributed by atoms with Crippen LogP contribution in [0.4, 0.5) is 0 Å². The van der Waals surface area contributed by atoms with E-state index in [9.17, 15) is 4.79 Å². The summed E-state index contributed by atoms with van der Waals surface area (Å²) >= 11 is 1.61. The largest absolute Gasteiger partial charge is 0.451 e. The number of thioether (sulfide) groups is 1. The zero-order valence-electron chi connectivity index (χ0n) is 13.3. The first kappa shape index (κ1) is 16.1. The summed E-state index contributed by atoms with van der Waals surface area (Å²) in [5.74, 6) is 1.52. The molecule has 23 heavy (non-hydrogen) atoms. The summed E-state index contributed by atoms with van der Waals surface area (Å²) in [5.41, 5.74) is 1.63. The van der Waals surface area contributed by atoms with E-state index in [2.05, 4.69) is 17.2 Å². The van der Waals surface area contributed by atoms with Crippen LogP contribution in [0.2, 0.25) is 0 Å². The van der Waals surface area contributed by atoms with Crippen molar-refractivity contribution in [3.05, 3.63) is 48.2 Å². The van der Waals surface area contributed by atoms with E-state index in [0.717, 1.165) is 34.9 Å². The maximum absolute atomic E-state index is 12.6. The summed E-state index contributed by atoms with van der Waals surface area (Å²) in [6.45, 7) is 2.29. The average Bonchev–Trinajstić information content (AvgIpc) is 3.09. The Bertz CT molecular complexity index is 634. The van der Waals surface area contributed by atoms with Crippen molar-refractivity contribution in [2.45, 2.75) is 49.3 Å². The van der Waals surface area contributed by atoms with Crippen molar-refractivity contribution in [3.63, 3.8) is 0 Å². The van der Waals surface area contributed by atoms with Crippen molar-refractivity contribution in [3.8, 4) is 0 Å². The molecular weight excluding hydrogens is 308 g/mol. The quantitative estimate of drug-likeness (QED) is 0.832. The van der Waals surface area contributed by atoms with Crippen LogP contribution in [0.5, 0.6) is 0 Å². The van der Waals surface area contributed by atoms with Gasteiger partial charge in [-0.15, -0.1) is 11.8 Å². The van der Waals surface area contributed by atoms with Gasteiger partial charge in [-0.3, -0.25) is 4.79 Å². The number of nitrogens with one attached hydrogen (secondary N) is 1. The minimum absolute atomic E-state index is 0.0350. The number of aromatic nitrogens is 1. The summed E-state index contributed by atoms with van der Waals surface area (Å²) < 4.78 is 4.99. The van der Waals surface area contributed by atoms with Crippen molar-refractivity contribution in [2.75, 3.05) is 0 Å². The van der Waals surface area contributed by atoms with Crippen LogP contribution in [0.1, 0.15) is 48.7 Å². The van der Waals surface area contributed by atoms with Crippen LogP contribution < -0.4 is 5.32 Å². The predicted molar refractivity (Wildman–Crippen MR) is 91.4 cm³/mol. The van der Waals surface area contributed by atoms with Gasteiger partial charge in [-0.2, -0.15) is 0 Å². The Morgan fingerprint density at radius 3 is 2.83 bits per heavy atom. The van der Waals surface area contributed by atoms with Crippen molar-refractivity contribution in [1.29, 1.82) is 0 Å². The van der Waals surface area contributed by atoms with Gasteiger partial charge in [-0.1, -0.05) is 19.1 Å². The van der Waals surface area contributed by atoms with Crippen LogP contribution in [-0.2, 0) is 5.75 Å². The maximum atomic E-state index is 12.6. The molecule has 1 aromatic carbocycles. The molecule has 3 rings (SSSR count). The van der Waals surface area contributed by atoms with Gasteiger partial charge in [0, 0.05) is 16.7 Å². The van der Waals surface area contributed by atoms with Gasteiger partial charge in [0.1, 0.15) is 6.26 Å². The lowest BCUT2D eigenvalue weighted by molar-refractivity contribution is 0.0920. The van der Waals surface area contributed by atoms with Gasteiger partial charge in [-0.05, 0) is 43.7 Å². The number of amides is 1. The number of carbonyl (C=O) groups excluding carboxylic acids is 1. The highest BCUT2D eigenvalue weighted by Crippen LogP contribution is 2.27. The van der Waals surface area contributed by atoms with Crippen molar-refractivity contribution in [2.24, 2.45) is 5.92 Å². The summed E-state index contributed by atoms with van der Waals surface area (Å²) in [4.78, 5) is 17.7. The van der Waals surface area contributed by atoms with Crippen LogP contribution in [0.15, 0.2) is 46.2 Å². The second kappa shape index (κ2) is 7.68. The van der Waals surface area contributed by atoms with Crippen LogP contribution in [0.3, 0.4) is 0 Å². The molecule has 1 aromatic heterocycles. The molecule has 1 aliphatic rings. The molecule has 5 heteroatoms. The highest BCUT2D eigenvalue weighted by Gasteiger charge is 2.21. The molecule has 0 aliphatic heterocycles. The molecule has 122 valence electrons. The lowest BCUT2D eigenvalue weighted by Crippen LogP contribution is -2.37. The number of hydrogen-bond acceptors (Lipinski definition) is 4. The smallest absolute Gasteiger partial charge is 0.252 e. The topological polar surface area (TPSA) is 55.1 Å². The first-order valence-electron chi connectivity index (χ1n) is 8.12. The number of hydrogen-bond donors (Lipinski definition) is 1. The van der Waals surface area contributed by atoms with E-state index in [1.807, 2.05) is 24.3 Å². The monoisotopic (exact) mass is 330 g/mol. The lowest BCUT2D eigenvalue weighted by atomic mass is 9.87. The van der Waals surface area contributed by atoms with Crippen LogP contribution in [0, 0.1) is 5.92 Å². The Balaban J connectivity index is 1.63. The molecule has 0 bridgehead atoms. The van der Waals surface area contributed by atoms with Crippen LogP contribution in [-0.4, -0.2) is 16.9 Å². The van der Waals surface area contributed by atoms with E-state index in [0.29, 0.717) is 11.8 Å². The standard InChI is InChI=1S/C18H22N2O2S/c1-13-6-8-14(9-7-13)20-18(21)16-4-2-3-5-17(16)23-11-15-10-22-12-19-15/h2-5,10,12-14H,6-9,11H2,1H3,(H,20,21). The summed E-state index contributed by atoms with van der Waals surface area (Å²) in [5, 5.41) is 3.20. The molecule has 0 unspecified atom stereocenters. The number of benzene rings is 1. The van der Waals surface area contributed by atoms with Crippen molar-refractivity contribution >= 4 is 17.7 Å². The molecule has 1 amide bonds. The number of carbonyl (C=O) groups is 1. The molecule has 1 saturated carbocycles. The fraction of sp³-hybridized carbons (Fsp3) is 0.444. The normalized spacial score (nSPS) is 21.1. The van der Waals surface area contributed by atoms with Gasteiger partial charge < -0.3 is 9.73 Å². The molecule has 4 nitrogen and oxygen atoms in total. The van der Waals surface area contributed by atoms with E-state index >= 15 is 0 Å². The third-order valence-electron chi connectivity index (χ3n) is 4.34. The van der Waals surface area contributed by atoms with Gasteiger partial charge in [0.25, 0.3) is 5.91 Å². The van der Waals surface area contributed by atoms with Gasteiger partial charge in [-0.25, -0.2) is 4.98 Å². The molecule has 1 fully saturated rings. The van der Waals surface area contributed by atoms with E-state index in [-0.39, 0.29) is 5.91 Å². The van der Waals surface area contributed by atoms with Gasteiger partial charge in [0.05, 0.1) is 11.3 Å². The number of nitrogens with zero attached hydrogens (tertiary/aromatic N) is 1. The Labute approximate surface area is 141 Å². The van der Waals surface area contributed by atoms with E-state index < -0.39 is 0 Å². The second-order valence-corrected chi connectivity index (χ2v) is 7.21. The SMILES string of the molecule is CC1CCC(NC(=O)c2ccccc2SCc2cocn2)CC1. The Morgan fingerprint density at radius 2 is 2.09 bits per heavy atom. The molecule has 1 heterocycles. The Morgan fingerprint density at radius 1 is 1.30 bits per heavy atom. The minimum atomic E-state index is 0.0350. The molecule has 2 aromatic rings. The minimum Gasteiger partial charge on any atom is -0.451 e. The van der Waals surface area contributed by atoms with E-state index in [1.54, 1.807) is 18.0 Å². The fourth-order valence-corrected chi connectivity index (χ4v) is 3.85. The summed E-state index contributed by atoms with van der Waals surface area (Å²) in [6, 6.07) is 8.07. The molecular formula is C18H22N2O2S. The number of oxazole rings is 1. The summed E-state index contributed by atoms with van der Waals surface area (Å²) in [6.07, 6.45) is 7.64. The average molecular weight is 330 g/mol. The number of rotatable bonds is 5. The van der Waals surface area contributed by atoms with Gasteiger partial charge in [0.15, 0.2) is 6.39 Å². The zero-order chi connectivity index (χ0) is 16.1. The Hall–Kier alpha value is -1.75. The molecule has 0 atom stereocenters. The fourth-order valence-electron chi connectivity index (χ4n) is 2.91. The zero-order valence-corrected chi connectivity index (χ0v) is 14.1. The van der Waals surface area contributed by atoms with Gasteiger partial charge in [0.2, 0.25) is 0 Å². The summed E-state index contributed by atoms with van der Waals surface area (Å²) in [7, 11) is 0. The first-order valence-corrected chi connectivity index (χ1v) is 9.10. The van der Waals surface area contributed by atoms with E-state index in [4.69, 9.17) is 4.42 Å². The maximum Gasteiger partial charge on any atom is 0.252 e. The Kier molecular flexibility index (Phi) is 5.39. The van der Waals surface area contributed by atoms with Crippen LogP contribution >= 0.6 is 11.8 Å². The highest BCUT2D eigenvalue weighted by molar-refractivity contribution is 7.98. The molecule has 0 spiro atoms. The lowest BCUT2D eigenvalue weighted by Gasteiger charge is -2.27. The second-order valence-electron chi connectivity index (χ2n) is 6.19. The molecule has 1 aliphatic carbocycles. The predicted octanol–water partition coefficient (Wildman–Crippen LogP) is 4.28.